The van der Waals surface area contributed by atoms with E-state index in [9.17, 15) is 9.18 Å². The molecule has 0 spiro atoms. The second-order valence-electron chi connectivity index (χ2n) is 6.55. The average molecular weight is 325 g/mol. The number of halogens is 1. The molecule has 0 radical (unpaired) electrons. The predicted octanol–water partition coefficient (Wildman–Crippen LogP) is 4.86. The van der Waals surface area contributed by atoms with Crippen LogP contribution in [0, 0.1) is 0 Å². The number of nitrogens with zero attached hydrogens (tertiary/aromatic N) is 1. The molecule has 0 aliphatic heterocycles. The van der Waals surface area contributed by atoms with Crippen LogP contribution in [0.25, 0.3) is 21.8 Å². The van der Waals surface area contributed by atoms with Crippen molar-refractivity contribution in [1.29, 1.82) is 0 Å². The summed E-state index contributed by atoms with van der Waals surface area (Å²) in [6, 6.07) is 12.1. The molecule has 3 aromatic rings. The zero-order valence-electron chi connectivity index (χ0n) is 13.7. The third-order valence-electron chi connectivity index (χ3n) is 5.24. The first kappa shape index (κ1) is 15.2. The molecule has 0 amide bonds. The van der Waals surface area contributed by atoms with Gasteiger partial charge < -0.3 is 9.30 Å². The molecule has 1 aromatic heterocycles. The van der Waals surface area contributed by atoms with E-state index in [0.717, 1.165) is 29.3 Å². The number of alkyl halides is 1. The van der Waals surface area contributed by atoms with Crippen molar-refractivity contribution in [2.24, 2.45) is 7.05 Å². The highest BCUT2D eigenvalue weighted by Crippen LogP contribution is 2.40. The Hall–Kier alpha value is -2.36. The molecule has 3 nitrogen and oxygen atoms in total. The van der Waals surface area contributed by atoms with Gasteiger partial charge in [0.15, 0.2) is 0 Å². The second-order valence-corrected chi connectivity index (χ2v) is 6.55. The minimum Gasteiger partial charge on any atom is -0.463 e. The third-order valence-corrected chi connectivity index (χ3v) is 5.24. The van der Waals surface area contributed by atoms with Gasteiger partial charge in [0, 0.05) is 41.7 Å². The quantitative estimate of drug-likeness (QED) is 0.688. The van der Waals surface area contributed by atoms with Gasteiger partial charge in [-0.15, -0.1) is 0 Å². The number of hydrogen-bond donors (Lipinski definition) is 0. The van der Waals surface area contributed by atoms with Gasteiger partial charge in [-0.25, -0.2) is 4.39 Å². The van der Waals surface area contributed by atoms with Gasteiger partial charge in [0.2, 0.25) is 6.86 Å². The summed E-state index contributed by atoms with van der Waals surface area (Å²) in [6.45, 7) is -0.826. The summed E-state index contributed by atoms with van der Waals surface area (Å²) in [4.78, 5) is 11.6. The third kappa shape index (κ3) is 2.37. The minimum absolute atomic E-state index is 0.370. The van der Waals surface area contributed by atoms with E-state index in [1.54, 1.807) is 6.07 Å². The van der Waals surface area contributed by atoms with Crippen molar-refractivity contribution in [2.75, 3.05) is 6.86 Å². The molecule has 1 saturated carbocycles. The Morgan fingerprint density at radius 2 is 1.96 bits per heavy atom. The Bertz CT molecular complexity index is 918. The number of benzene rings is 2. The van der Waals surface area contributed by atoms with Gasteiger partial charge in [-0.1, -0.05) is 12.1 Å². The van der Waals surface area contributed by atoms with Crippen molar-refractivity contribution < 1.29 is 13.9 Å². The largest absolute Gasteiger partial charge is 0.463 e. The standard InChI is InChI=1S/C20H20FNO2/c1-22-18-10-9-15(24-12-21)11-17(18)20-16(3-2-4-19(20)22)13-5-7-14(23)8-6-13/h2-4,9-11,13H,5-8,12H2,1H3. The second kappa shape index (κ2) is 5.93. The highest BCUT2D eigenvalue weighted by molar-refractivity contribution is 6.10. The first-order chi connectivity index (χ1) is 11.7. The van der Waals surface area contributed by atoms with Crippen molar-refractivity contribution >= 4 is 27.6 Å². The highest BCUT2D eigenvalue weighted by Gasteiger charge is 2.23. The number of Topliss-reactive ketones (excluding diaryl/α,β-unsaturated/α-hetero) is 1. The van der Waals surface area contributed by atoms with Crippen molar-refractivity contribution in [3.63, 3.8) is 0 Å². The van der Waals surface area contributed by atoms with E-state index in [-0.39, 0.29) is 0 Å². The number of aromatic nitrogens is 1. The van der Waals surface area contributed by atoms with Crippen LogP contribution in [0.15, 0.2) is 36.4 Å². The number of fused-ring (bicyclic) bond motifs is 3. The number of ketones is 1. The number of carbonyl (C=O) groups is 1. The number of hydrogen-bond acceptors (Lipinski definition) is 2. The van der Waals surface area contributed by atoms with Crippen molar-refractivity contribution in [2.45, 2.75) is 31.6 Å². The Labute approximate surface area is 140 Å². The Balaban J connectivity index is 1.93. The summed E-state index contributed by atoms with van der Waals surface area (Å²) in [5.41, 5.74) is 3.57. The van der Waals surface area contributed by atoms with Crippen molar-refractivity contribution in [1.82, 2.24) is 4.57 Å². The highest BCUT2D eigenvalue weighted by atomic mass is 19.1. The van der Waals surface area contributed by atoms with Crippen LogP contribution < -0.4 is 4.74 Å². The molecule has 4 rings (SSSR count). The fraction of sp³-hybridized carbons (Fsp3) is 0.350. The van der Waals surface area contributed by atoms with Crippen LogP contribution >= 0.6 is 0 Å². The maximum Gasteiger partial charge on any atom is 0.228 e. The van der Waals surface area contributed by atoms with Crippen LogP contribution in [0.3, 0.4) is 0 Å². The molecular formula is C20H20FNO2. The summed E-state index contributed by atoms with van der Waals surface area (Å²) in [5, 5.41) is 2.30. The van der Waals surface area contributed by atoms with E-state index in [1.807, 2.05) is 12.1 Å². The lowest BCUT2D eigenvalue weighted by atomic mass is 9.82. The SMILES string of the molecule is Cn1c2ccc(OCF)cc2c2c(C3CCC(=O)CC3)cccc21. The molecule has 4 heteroatoms. The van der Waals surface area contributed by atoms with E-state index in [0.29, 0.717) is 30.3 Å². The molecule has 0 saturated heterocycles. The molecule has 1 heterocycles. The maximum atomic E-state index is 12.5. The van der Waals surface area contributed by atoms with Gasteiger partial charge >= 0.3 is 0 Å². The van der Waals surface area contributed by atoms with E-state index < -0.39 is 6.86 Å². The average Bonchev–Trinajstić information content (AvgIpc) is 2.89. The zero-order chi connectivity index (χ0) is 16.7. The van der Waals surface area contributed by atoms with Gasteiger partial charge in [0.05, 0.1) is 0 Å². The summed E-state index contributed by atoms with van der Waals surface area (Å²) in [5.74, 6) is 1.32. The molecule has 0 bridgehead atoms. The van der Waals surface area contributed by atoms with Crippen LogP contribution in [0.4, 0.5) is 4.39 Å². The fourth-order valence-electron chi connectivity index (χ4n) is 4.01. The summed E-state index contributed by atoms with van der Waals surface area (Å²) < 4.78 is 19.8. The smallest absolute Gasteiger partial charge is 0.228 e. The molecule has 1 aliphatic rings. The molecule has 0 unspecified atom stereocenters. The number of ether oxygens (including phenoxy) is 1. The first-order valence-corrected chi connectivity index (χ1v) is 8.40. The molecule has 1 fully saturated rings. The molecular weight excluding hydrogens is 305 g/mol. The van der Waals surface area contributed by atoms with Crippen molar-refractivity contribution in [3.8, 4) is 5.75 Å². The molecule has 124 valence electrons. The van der Waals surface area contributed by atoms with Crippen molar-refractivity contribution in [3.05, 3.63) is 42.0 Å². The summed E-state index contributed by atoms with van der Waals surface area (Å²) >= 11 is 0. The summed E-state index contributed by atoms with van der Waals surface area (Å²) in [6.07, 6.45) is 3.16. The van der Waals surface area contributed by atoms with Crippen LogP contribution in [0.5, 0.6) is 5.75 Å². The Morgan fingerprint density at radius 1 is 1.17 bits per heavy atom. The normalized spacial score (nSPS) is 16.2. The molecule has 24 heavy (non-hydrogen) atoms. The predicted molar refractivity (Wildman–Crippen MR) is 93.2 cm³/mol. The fourth-order valence-corrected chi connectivity index (χ4v) is 4.01. The molecule has 0 atom stereocenters. The molecule has 2 aromatic carbocycles. The Kier molecular flexibility index (Phi) is 3.75. The number of aryl methyl sites for hydroxylation is 1. The van der Waals surface area contributed by atoms with Gasteiger partial charge in [-0.05, 0) is 48.6 Å². The summed E-state index contributed by atoms with van der Waals surface area (Å²) in [7, 11) is 2.05. The maximum absolute atomic E-state index is 12.5. The van der Waals surface area contributed by atoms with E-state index >= 15 is 0 Å². The van der Waals surface area contributed by atoms with Gasteiger partial charge in [0.1, 0.15) is 11.5 Å². The van der Waals surface area contributed by atoms with E-state index in [2.05, 4.69) is 29.8 Å². The molecule has 0 N–H and O–H groups in total. The van der Waals surface area contributed by atoms with Crippen LogP contribution in [-0.4, -0.2) is 17.2 Å². The van der Waals surface area contributed by atoms with Gasteiger partial charge in [-0.3, -0.25) is 4.79 Å². The monoisotopic (exact) mass is 325 g/mol. The topological polar surface area (TPSA) is 31.2 Å². The van der Waals surface area contributed by atoms with E-state index in [4.69, 9.17) is 4.74 Å². The zero-order valence-corrected chi connectivity index (χ0v) is 13.7. The lowest BCUT2D eigenvalue weighted by molar-refractivity contribution is -0.120. The van der Waals surface area contributed by atoms with Gasteiger partial charge in [0.25, 0.3) is 0 Å². The minimum atomic E-state index is -0.826. The van der Waals surface area contributed by atoms with Crippen LogP contribution in [0.1, 0.15) is 37.2 Å². The van der Waals surface area contributed by atoms with E-state index in [1.165, 1.54) is 10.9 Å². The number of carbonyl (C=O) groups excluding carboxylic acids is 1. The lowest BCUT2D eigenvalue weighted by Crippen LogP contribution is -2.12. The van der Waals surface area contributed by atoms with Crippen LogP contribution in [0.2, 0.25) is 0 Å². The van der Waals surface area contributed by atoms with Crippen LogP contribution in [-0.2, 0) is 11.8 Å². The lowest BCUT2D eigenvalue weighted by Gasteiger charge is -2.22. The number of rotatable bonds is 3. The van der Waals surface area contributed by atoms with Gasteiger partial charge in [-0.2, -0.15) is 0 Å². The first-order valence-electron chi connectivity index (χ1n) is 8.40. The molecule has 1 aliphatic carbocycles. The Morgan fingerprint density at radius 3 is 2.71 bits per heavy atom.